The summed E-state index contributed by atoms with van der Waals surface area (Å²) in [6, 6.07) is 21.1. The molecule has 0 radical (unpaired) electrons. The highest BCUT2D eigenvalue weighted by atomic mass is 32.2. The van der Waals surface area contributed by atoms with Crippen molar-refractivity contribution >= 4 is 10.1 Å². The van der Waals surface area contributed by atoms with E-state index in [0.29, 0.717) is 13.0 Å². The van der Waals surface area contributed by atoms with Gasteiger partial charge in [0.15, 0.2) is 13.6 Å². The van der Waals surface area contributed by atoms with Crippen LogP contribution in [0.5, 0.6) is 17.2 Å². The van der Waals surface area contributed by atoms with Gasteiger partial charge in [-0.1, -0.05) is 74.9 Å². The molecule has 1 aliphatic heterocycles. The van der Waals surface area contributed by atoms with E-state index in [1.54, 1.807) is 38.5 Å². The standard InChI is InChI=1S/C35H46O8S/c1-27-12-19-31(20-13-27)44(36,37)43-22-10-8-6-5-7-9-11-33-32-21-18-30(42-26-39-4)23-34(32)40-24-35(33,2)28-14-16-29(17-15-28)41-25-38-3/h12-21,23,33H,5-11,22,24-26H2,1-4H3. The summed E-state index contributed by atoms with van der Waals surface area (Å²) in [5, 5.41) is 0. The molecule has 1 heterocycles. The quantitative estimate of drug-likeness (QED) is 0.0813. The van der Waals surface area contributed by atoms with E-state index in [1.807, 2.05) is 31.2 Å². The lowest BCUT2D eigenvalue weighted by Crippen LogP contribution is -2.40. The molecule has 44 heavy (non-hydrogen) atoms. The summed E-state index contributed by atoms with van der Waals surface area (Å²) in [5.41, 5.74) is 3.19. The van der Waals surface area contributed by atoms with Gasteiger partial charge in [-0.3, -0.25) is 4.18 Å². The maximum absolute atomic E-state index is 12.4. The first-order chi connectivity index (χ1) is 21.3. The minimum atomic E-state index is -3.70. The lowest BCUT2D eigenvalue weighted by Gasteiger charge is -2.43. The van der Waals surface area contributed by atoms with Crippen LogP contribution in [0.4, 0.5) is 0 Å². The van der Waals surface area contributed by atoms with Crippen molar-refractivity contribution in [2.45, 2.75) is 75.0 Å². The summed E-state index contributed by atoms with van der Waals surface area (Å²) < 4.78 is 57.7. The second kappa shape index (κ2) is 16.3. The number of ether oxygens (including phenoxy) is 5. The highest BCUT2D eigenvalue weighted by Crippen LogP contribution is 2.50. The molecule has 3 aromatic carbocycles. The second-order valence-corrected chi connectivity index (χ2v) is 13.2. The lowest BCUT2D eigenvalue weighted by atomic mass is 9.66. The molecular formula is C35H46O8S. The van der Waals surface area contributed by atoms with Crippen LogP contribution in [0.25, 0.3) is 0 Å². The van der Waals surface area contributed by atoms with E-state index in [2.05, 4.69) is 25.1 Å². The first kappa shape index (κ1) is 33.8. The predicted octanol–water partition coefficient (Wildman–Crippen LogP) is 7.53. The van der Waals surface area contributed by atoms with Crippen molar-refractivity contribution in [2.75, 3.05) is 41.0 Å². The highest BCUT2D eigenvalue weighted by molar-refractivity contribution is 7.86. The van der Waals surface area contributed by atoms with Crippen molar-refractivity contribution in [3.05, 3.63) is 83.4 Å². The number of methoxy groups -OCH3 is 2. The summed E-state index contributed by atoms with van der Waals surface area (Å²) in [6.07, 6.45) is 6.98. The van der Waals surface area contributed by atoms with Crippen LogP contribution in [0.1, 0.15) is 74.5 Å². The van der Waals surface area contributed by atoms with Crippen LogP contribution >= 0.6 is 0 Å². The first-order valence-corrected chi connectivity index (χ1v) is 16.7. The average Bonchev–Trinajstić information content (AvgIpc) is 3.03. The maximum Gasteiger partial charge on any atom is 0.296 e. The Bertz CT molecular complexity index is 1410. The Kier molecular flexibility index (Phi) is 12.5. The molecule has 8 nitrogen and oxygen atoms in total. The smallest absolute Gasteiger partial charge is 0.296 e. The number of unbranched alkanes of at least 4 members (excludes halogenated alkanes) is 5. The molecule has 240 valence electrons. The second-order valence-electron chi connectivity index (χ2n) is 11.6. The van der Waals surface area contributed by atoms with Crippen molar-refractivity contribution in [3.63, 3.8) is 0 Å². The van der Waals surface area contributed by atoms with E-state index in [-0.39, 0.29) is 36.4 Å². The predicted molar refractivity (Wildman–Crippen MR) is 170 cm³/mol. The number of hydrogen-bond donors (Lipinski definition) is 0. The zero-order valence-corrected chi connectivity index (χ0v) is 27.2. The topological polar surface area (TPSA) is 89.5 Å². The normalized spacial score (nSPS) is 18.0. The minimum absolute atomic E-state index is 0.187. The number of hydrogen-bond acceptors (Lipinski definition) is 8. The molecule has 0 spiro atoms. The van der Waals surface area contributed by atoms with E-state index in [4.69, 9.17) is 27.9 Å². The fraction of sp³-hybridized carbons (Fsp3) is 0.486. The van der Waals surface area contributed by atoms with Gasteiger partial charge in [-0.25, -0.2) is 0 Å². The van der Waals surface area contributed by atoms with Gasteiger partial charge in [0.1, 0.15) is 17.2 Å². The highest BCUT2D eigenvalue weighted by Gasteiger charge is 2.42. The van der Waals surface area contributed by atoms with Gasteiger partial charge >= 0.3 is 0 Å². The number of rotatable bonds is 18. The monoisotopic (exact) mass is 626 g/mol. The number of fused-ring (bicyclic) bond motifs is 1. The fourth-order valence-electron chi connectivity index (χ4n) is 5.73. The first-order valence-electron chi connectivity index (χ1n) is 15.3. The fourth-order valence-corrected chi connectivity index (χ4v) is 6.68. The third-order valence-electron chi connectivity index (χ3n) is 8.29. The van der Waals surface area contributed by atoms with E-state index in [1.165, 1.54) is 11.1 Å². The summed E-state index contributed by atoms with van der Waals surface area (Å²) in [7, 11) is -0.488. The Labute approximate surface area is 262 Å². The van der Waals surface area contributed by atoms with Crippen molar-refractivity contribution in [3.8, 4) is 17.2 Å². The van der Waals surface area contributed by atoms with E-state index >= 15 is 0 Å². The average molecular weight is 627 g/mol. The molecule has 2 atom stereocenters. The van der Waals surface area contributed by atoms with Crippen molar-refractivity contribution in [2.24, 2.45) is 0 Å². The van der Waals surface area contributed by atoms with Gasteiger partial charge in [0.25, 0.3) is 10.1 Å². The molecule has 0 saturated carbocycles. The lowest BCUT2D eigenvalue weighted by molar-refractivity contribution is 0.0505. The third kappa shape index (κ3) is 8.97. The summed E-state index contributed by atoms with van der Waals surface area (Å²) in [4.78, 5) is 0.207. The van der Waals surface area contributed by atoms with Crippen molar-refractivity contribution < 1.29 is 36.3 Å². The molecule has 4 rings (SSSR count). The summed E-state index contributed by atoms with van der Waals surface area (Å²) in [5.74, 6) is 2.62. The molecule has 0 aliphatic carbocycles. The van der Waals surface area contributed by atoms with Crippen LogP contribution in [0.2, 0.25) is 0 Å². The van der Waals surface area contributed by atoms with Gasteiger partial charge in [-0.05, 0) is 61.2 Å². The molecule has 3 aromatic rings. The molecule has 0 amide bonds. The van der Waals surface area contributed by atoms with E-state index < -0.39 is 10.1 Å². The molecule has 0 bridgehead atoms. The molecule has 0 fully saturated rings. The van der Waals surface area contributed by atoms with Gasteiger partial charge in [0, 0.05) is 31.6 Å². The van der Waals surface area contributed by atoms with Crippen LogP contribution in [-0.2, 0) is 29.2 Å². The molecule has 0 aromatic heterocycles. The minimum Gasteiger partial charge on any atom is -0.492 e. The van der Waals surface area contributed by atoms with Gasteiger partial charge in [-0.2, -0.15) is 8.42 Å². The Morgan fingerprint density at radius 3 is 2.09 bits per heavy atom. The molecule has 1 aliphatic rings. The zero-order chi connectivity index (χ0) is 31.4. The van der Waals surface area contributed by atoms with Crippen LogP contribution < -0.4 is 14.2 Å². The number of benzene rings is 3. The SMILES string of the molecule is COCOc1ccc(C2(C)COc3cc(OCOC)ccc3C2CCCCCCCCOS(=O)(=O)c2ccc(C)cc2)cc1. The summed E-state index contributed by atoms with van der Waals surface area (Å²) in [6.45, 7) is 5.37. The molecule has 0 saturated heterocycles. The Balaban J connectivity index is 1.31. The van der Waals surface area contributed by atoms with Crippen LogP contribution in [-0.4, -0.2) is 49.4 Å². The Hall–Kier alpha value is -3.11. The third-order valence-corrected chi connectivity index (χ3v) is 9.62. The van der Waals surface area contributed by atoms with Crippen molar-refractivity contribution in [1.29, 1.82) is 0 Å². The van der Waals surface area contributed by atoms with Crippen LogP contribution in [0, 0.1) is 6.92 Å². The van der Waals surface area contributed by atoms with Gasteiger partial charge in [0.05, 0.1) is 18.1 Å². The van der Waals surface area contributed by atoms with Gasteiger partial charge in [0.2, 0.25) is 0 Å². The zero-order valence-electron chi connectivity index (χ0n) is 26.4. The molecule has 0 N–H and O–H groups in total. The van der Waals surface area contributed by atoms with Crippen LogP contribution in [0.3, 0.4) is 0 Å². The Morgan fingerprint density at radius 1 is 0.795 bits per heavy atom. The van der Waals surface area contributed by atoms with E-state index in [0.717, 1.165) is 61.3 Å². The van der Waals surface area contributed by atoms with E-state index in [9.17, 15) is 8.42 Å². The Morgan fingerprint density at radius 2 is 1.41 bits per heavy atom. The molecule has 9 heteroatoms. The van der Waals surface area contributed by atoms with Gasteiger partial charge < -0.3 is 23.7 Å². The summed E-state index contributed by atoms with van der Waals surface area (Å²) >= 11 is 0. The molecule has 2 unspecified atom stereocenters. The van der Waals surface area contributed by atoms with Gasteiger partial charge in [-0.15, -0.1) is 0 Å². The largest absolute Gasteiger partial charge is 0.492 e. The van der Waals surface area contributed by atoms with Crippen molar-refractivity contribution in [1.82, 2.24) is 0 Å². The molecular weight excluding hydrogens is 580 g/mol. The van der Waals surface area contributed by atoms with Crippen LogP contribution in [0.15, 0.2) is 71.6 Å². The maximum atomic E-state index is 12.4. The number of aryl methyl sites for hydroxylation is 1.